The Morgan fingerprint density at radius 3 is 2.79 bits per heavy atom. The van der Waals surface area contributed by atoms with Crippen molar-refractivity contribution >= 4 is 12.3 Å². The number of rotatable bonds is 0. The summed E-state index contributed by atoms with van der Waals surface area (Å²) in [5, 5.41) is 0. The van der Waals surface area contributed by atoms with Crippen molar-refractivity contribution in [2.24, 2.45) is 10.7 Å². The van der Waals surface area contributed by atoms with E-state index in [2.05, 4.69) is 4.99 Å². The summed E-state index contributed by atoms with van der Waals surface area (Å²) >= 11 is 0. The zero-order valence-electron chi connectivity index (χ0n) is 8.86. The number of amides is 1. The zero-order valence-corrected chi connectivity index (χ0v) is 8.86. The number of ether oxygens (including phenoxy) is 1. The number of carbonyl (C=O) groups is 1. The van der Waals surface area contributed by atoms with Crippen molar-refractivity contribution in [3.8, 4) is 0 Å². The highest BCUT2D eigenvalue weighted by atomic mass is 16.6. The molecule has 0 aromatic rings. The molecule has 1 aliphatic rings. The lowest BCUT2D eigenvalue weighted by Gasteiger charge is -2.31. The first-order chi connectivity index (χ1) is 6.40. The van der Waals surface area contributed by atoms with E-state index >= 15 is 0 Å². The van der Waals surface area contributed by atoms with Gasteiger partial charge in [-0.2, -0.15) is 0 Å². The van der Waals surface area contributed by atoms with Gasteiger partial charge >= 0.3 is 6.09 Å². The van der Waals surface area contributed by atoms with Crippen LogP contribution in [0.15, 0.2) is 4.99 Å². The molecule has 1 rings (SSSR count). The first-order valence-electron chi connectivity index (χ1n) is 4.65. The smallest absolute Gasteiger partial charge is 0.411 e. The zero-order chi connectivity index (χ0) is 10.8. The highest BCUT2D eigenvalue weighted by molar-refractivity contribution is 5.76. The Bertz CT molecular complexity index is 245. The molecule has 5 nitrogen and oxygen atoms in total. The molecule has 80 valence electrons. The standard InChI is InChI=1S/C9H17N3O2/c1-9(2,3)14-8(13)12-5-4-11-6-7(12)10/h6-7H,4-5,10H2,1-3H3. The molecule has 0 saturated carbocycles. The lowest BCUT2D eigenvalue weighted by molar-refractivity contribution is 0.0218. The molecule has 14 heavy (non-hydrogen) atoms. The van der Waals surface area contributed by atoms with Gasteiger partial charge < -0.3 is 10.5 Å². The monoisotopic (exact) mass is 199 g/mol. The van der Waals surface area contributed by atoms with Gasteiger partial charge in [0.1, 0.15) is 11.8 Å². The maximum atomic E-state index is 11.6. The first-order valence-corrected chi connectivity index (χ1v) is 4.65. The maximum Gasteiger partial charge on any atom is 0.411 e. The Hall–Kier alpha value is -1.10. The molecule has 0 radical (unpaired) electrons. The van der Waals surface area contributed by atoms with Crippen molar-refractivity contribution < 1.29 is 9.53 Å². The minimum Gasteiger partial charge on any atom is -0.444 e. The van der Waals surface area contributed by atoms with Crippen molar-refractivity contribution in [2.75, 3.05) is 13.1 Å². The van der Waals surface area contributed by atoms with E-state index in [0.29, 0.717) is 13.1 Å². The molecular weight excluding hydrogens is 182 g/mol. The SMILES string of the molecule is CC(C)(C)OC(=O)N1CCN=CC1N. The molecule has 2 N–H and O–H groups in total. The predicted octanol–water partition coefficient (Wildman–Crippen LogP) is 0.593. The molecule has 0 aliphatic carbocycles. The van der Waals surface area contributed by atoms with E-state index in [-0.39, 0.29) is 6.09 Å². The Kier molecular flexibility index (Phi) is 3.10. The van der Waals surface area contributed by atoms with Crippen LogP contribution in [0.1, 0.15) is 20.8 Å². The van der Waals surface area contributed by atoms with Gasteiger partial charge in [-0.25, -0.2) is 4.79 Å². The molecule has 1 heterocycles. The number of carbonyl (C=O) groups excluding carboxylic acids is 1. The summed E-state index contributed by atoms with van der Waals surface area (Å²) in [7, 11) is 0. The quantitative estimate of drug-likeness (QED) is 0.621. The van der Waals surface area contributed by atoms with Crippen LogP contribution in [-0.2, 0) is 4.74 Å². The minimum absolute atomic E-state index is 0.379. The third kappa shape index (κ3) is 2.99. The van der Waals surface area contributed by atoms with E-state index in [0.717, 1.165) is 0 Å². The molecule has 1 amide bonds. The summed E-state index contributed by atoms with van der Waals surface area (Å²) in [6.45, 7) is 6.59. The second-order valence-corrected chi connectivity index (χ2v) is 4.22. The summed E-state index contributed by atoms with van der Waals surface area (Å²) in [4.78, 5) is 17.0. The fraction of sp³-hybridized carbons (Fsp3) is 0.778. The van der Waals surface area contributed by atoms with Gasteiger partial charge in [0.25, 0.3) is 0 Å². The van der Waals surface area contributed by atoms with Gasteiger partial charge in [-0.1, -0.05) is 0 Å². The summed E-state index contributed by atoms with van der Waals surface area (Å²) in [5.41, 5.74) is 5.19. The molecule has 1 aliphatic heterocycles. The van der Waals surface area contributed by atoms with Gasteiger partial charge in [-0.15, -0.1) is 0 Å². The highest BCUT2D eigenvalue weighted by Crippen LogP contribution is 2.11. The molecule has 0 bridgehead atoms. The van der Waals surface area contributed by atoms with Gasteiger partial charge in [0.2, 0.25) is 0 Å². The second-order valence-electron chi connectivity index (χ2n) is 4.22. The summed E-state index contributed by atoms with van der Waals surface area (Å²) in [6, 6.07) is 0. The Labute approximate surface area is 83.9 Å². The van der Waals surface area contributed by atoms with Crippen LogP contribution in [0.3, 0.4) is 0 Å². The van der Waals surface area contributed by atoms with Gasteiger partial charge in [0.05, 0.1) is 6.54 Å². The van der Waals surface area contributed by atoms with Gasteiger partial charge in [0.15, 0.2) is 0 Å². The number of nitrogens with two attached hydrogens (primary N) is 1. The van der Waals surface area contributed by atoms with Crippen LogP contribution in [0.25, 0.3) is 0 Å². The van der Waals surface area contributed by atoms with Crippen LogP contribution in [0.5, 0.6) is 0 Å². The van der Waals surface area contributed by atoms with Crippen LogP contribution < -0.4 is 5.73 Å². The topological polar surface area (TPSA) is 67.9 Å². The van der Waals surface area contributed by atoms with E-state index in [1.807, 2.05) is 20.8 Å². The number of hydrogen-bond acceptors (Lipinski definition) is 4. The molecule has 0 fully saturated rings. The molecule has 0 aromatic carbocycles. The molecule has 1 atom stereocenters. The van der Waals surface area contributed by atoms with Gasteiger partial charge in [0, 0.05) is 12.8 Å². The largest absolute Gasteiger partial charge is 0.444 e. The fourth-order valence-electron chi connectivity index (χ4n) is 1.11. The summed E-state index contributed by atoms with van der Waals surface area (Å²) in [5.74, 6) is 0. The number of aliphatic imine (C=N–C) groups is 1. The predicted molar refractivity (Wildman–Crippen MR) is 54.3 cm³/mol. The second kappa shape index (κ2) is 3.96. The van der Waals surface area contributed by atoms with Crippen molar-refractivity contribution in [1.29, 1.82) is 0 Å². The third-order valence-electron chi connectivity index (χ3n) is 1.72. The summed E-state index contributed by atoms with van der Waals surface area (Å²) < 4.78 is 5.19. The molecule has 0 aromatic heterocycles. The summed E-state index contributed by atoms with van der Waals surface area (Å²) in [6.07, 6.45) is 0.725. The lowest BCUT2D eigenvalue weighted by atomic mass is 10.2. The molecule has 1 unspecified atom stereocenters. The number of hydrogen-bond donors (Lipinski definition) is 1. The lowest BCUT2D eigenvalue weighted by Crippen LogP contribution is -2.51. The minimum atomic E-state index is -0.481. The average Bonchev–Trinajstić information content (AvgIpc) is 2.01. The van der Waals surface area contributed by atoms with Crippen LogP contribution in [-0.4, -0.2) is 42.1 Å². The van der Waals surface area contributed by atoms with Crippen LogP contribution >= 0.6 is 0 Å². The van der Waals surface area contributed by atoms with E-state index < -0.39 is 11.8 Å². The molecule has 0 saturated heterocycles. The average molecular weight is 199 g/mol. The van der Waals surface area contributed by atoms with Crippen molar-refractivity contribution in [3.63, 3.8) is 0 Å². The Morgan fingerprint density at radius 2 is 2.29 bits per heavy atom. The van der Waals surface area contributed by atoms with Crippen molar-refractivity contribution in [1.82, 2.24) is 4.90 Å². The Morgan fingerprint density at radius 1 is 1.64 bits per heavy atom. The first kappa shape index (κ1) is 11.0. The van der Waals surface area contributed by atoms with Crippen LogP contribution in [0.4, 0.5) is 4.79 Å². The normalized spacial score (nSPS) is 22.3. The van der Waals surface area contributed by atoms with E-state index in [4.69, 9.17) is 10.5 Å². The molecule has 0 spiro atoms. The van der Waals surface area contributed by atoms with Gasteiger partial charge in [-0.05, 0) is 20.8 Å². The van der Waals surface area contributed by atoms with Crippen LogP contribution in [0, 0.1) is 0 Å². The van der Waals surface area contributed by atoms with E-state index in [1.165, 1.54) is 4.90 Å². The maximum absolute atomic E-state index is 11.6. The third-order valence-corrected chi connectivity index (χ3v) is 1.72. The van der Waals surface area contributed by atoms with Crippen molar-refractivity contribution in [2.45, 2.75) is 32.5 Å². The van der Waals surface area contributed by atoms with E-state index in [9.17, 15) is 4.79 Å². The Balaban J connectivity index is 2.56. The van der Waals surface area contributed by atoms with Crippen LogP contribution in [0.2, 0.25) is 0 Å². The van der Waals surface area contributed by atoms with Gasteiger partial charge in [-0.3, -0.25) is 9.89 Å². The molecular formula is C9H17N3O2. The fourth-order valence-corrected chi connectivity index (χ4v) is 1.11. The van der Waals surface area contributed by atoms with Crippen molar-refractivity contribution in [3.05, 3.63) is 0 Å². The highest BCUT2D eigenvalue weighted by Gasteiger charge is 2.26. The van der Waals surface area contributed by atoms with E-state index in [1.54, 1.807) is 6.21 Å². The number of nitrogens with zero attached hydrogens (tertiary/aromatic N) is 2. The molecule has 5 heteroatoms.